The van der Waals surface area contributed by atoms with Gasteiger partial charge in [-0.25, -0.2) is 9.97 Å². The first-order valence-corrected chi connectivity index (χ1v) is 10.3. The highest BCUT2D eigenvalue weighted by molar-refractivity contribution is 6.32. The van der Waals surface area contributed by atoms with Gasteiger partial charge in [0.1, 0.15) is 5.82 Å². The monoisotopic (exact) mass is 424 g/mol. The van der Waals surface area contributed by atoms with Gasteiger partial charge in [0, 0.05) is 37.9 Å². The third kappa shape index (κ3) is 4.74. The number of hydrogen-bond acceptors (Lipinski definition) is 5. The molecule has 0 spiro atoms. The van der Waals surface area contributed by atoms with Crippen LogP contribution in [0, 0.1) is 6.92 Å². The van der Waals surface area contributed by atoms with Gasteiger partial charge in [0.15, 0.2) is 11.7 Å². The van der Waals surface area contributed by atoms with E-state index in [1.807, 2.05) is 24.3 Å². The molecule has 3 heterocycles. The molecule has 156 valence electrons. The first kappa shape index (κ1) is 20.2. The van der Waals surface area contributed by atoms with E-state index in [-0.39, 0.29) is 6.04 Å². The van der Waals surface area contributed by atoms with Crippen molar-refractivity contribution in [2.75, 3.05) is 25.0 Å². The summed E-state index contributed by atoms with van der Waals surface area (Å²) in [5, 5.41) is 7.41. The topological polar surface area (TPSA) is 78.6 Å². The van der Waals surface area contributed by atoms with Gasteiger partial charge >= 0.3 is 0 Å². The summed E-state index contributed by atoms with van der Waals surface area (Å²) in [7, 11) is 1.75. The summed E-state index contributed by atoms with van der Waals surface area (Å²) >= 11 is 6.28. The SMILES string of the molecule is CN=C(NCc1ncc(-c2ccc(C)cc2)o1)NC1CCN(c2ncccc2Cl)C1. The summed E-state index contributed by atoms with van der Waals surface area (Å²) in [5.74, 6) is 2.91. The molecular formula is C22H25ClN6O. The van der Waals surface area contributed by atoms with Crippen LogP contribution in [0.1, 0.15) is 17.9 Å². The Bertz CT molecular complexity index is 1020. The number of nitrogens with one attached hydrogen (secondary N) is 2. The van der Waals surface area contributed by atoms with Crippen LogP contribution in [0.15, 0.2) is 58.2 Å². The summed E-state index contributed by atoms with van der Waals surface area (Å²) in [6.45, 7) is 4.22. The zero-order chi connectivity index (χ0) is 20.9. The Labute approximate surface area is 181 Å². The molecule has 1 aliphatic rings. The standard InChI is InChI=1S/C22H25ClN6O/c1-15-5-7-16(8-6-15)19-12-26-20(30-19)13-27-22(24-2)28-17-9-11-29(14-17)21-18(23)4-3-10-25-21/h3-8,10,12,17H,9,11,13-14H2,1-2H3,(H2,24,27,28). The van der Waals surface area contributed by atoms with Gasteiger partial charge in [0.25, 0.3) is 0 Å². The fourth-order valence-electron chi connectivity index (χ4n) is 3.47. The second-order valence-corrected chi connectivity index (χ2v) is 7.70. The molecule has 1 saturated heterocycles. The van der Waals surface area contributed by atoms with Crippen molar-refractivity contribution in [2.45, 2.75) is 25.9 Å². The Balaban J connectivity index is 1.31. The van der Waals surface area contributed by atoms with Gasteiger partial charge in [0.05, 0.1) is 17.8 Å². The van der Waals surface area contributed by atoms with Crippen molar-refractivity contribution in [3.63, 3.8) is 0 Å². The minimum atomic E-state index is 0.252. The largest absolute Gasteiger partial charge is 0.439 e. The molecular weight excluding hydrogens is 400 g/mol. The molecule has 4 rings (SSSR count). The van der Waals surface area contributed by atoms with E-state index >= 15 is 0 Å². The van der Waals surface area contributed by atoms with Crippen LogP contribution >= 0.6 is 11.6 Å². The normalized spacial score (nSPS) is 16.7. The van der Waals surface area contributed by atoms with Gasteiger partial charge in [-0.05, 0) is 25.5 Å². The third-order valence-corrected chi connectivity index (χ3v) is 5.38. The van der Waals surface area contributed by atoms with Gasteiger partial charge in [-0.15, -0.1) is 0 Å². The van der Waals surface area contributed by atoms with Crippen LogP contribution in [0.3, 0.4) is 0 Å². The number of pyridine rings is 1. The highest BCUT2D eigenvalue weighted by atomic mass is 35.5. The maximum absolute atomic E-state index is 6.28. The summed E-state index contributed by atoms with van der Waals surface area (Å²) in [4.78, 5) is 15.3. The fourth-order valence-corrected chi connectivity index (χ4v) is 3.71. The molecule has 0 saturated carbocycles. The quantitative estimate of drug-likeness (QED) is 0.481. The minimum Gasteiger partial charge on any atom is -0.439 e. The number of benzene rings is 1. The number of nitrogens with zero attached hydrogens (tertiary/aromatic N) is 4. The molecule has 2 aromatic heterocycles. The van der Waals surface area contributed by atoms with Crippen molar-refractivity contribution < 1.29 is 4.42 Å². The molecule has 0 bridgehead atoms. The molecule has 1 unspecified atom stereocenters. The average molecular weight is 425 g/mol. The van der Waals surface area contributed by atoms with Crippen molar-refractivity contribution in [3.8, 4) is 11.3 Å². The highest BCUT2D eigenvalue weighted by Gasteiger charge is 2.25. The lowest BCUT2D eigenvalue weighted by atomic mass is 10.1. The molecule has 7 nitrogen and oxygen atoms in total. The molecule has 1 atom stereocenters. The second-order valence-electron chi connectivity index (χ2n) is 7.29. The molecule has 2 N–H and O–H groups in total. The van der Waals surface area contributed by atoms with Crippen molar-refractivity contribution in [1.82, 2.24) is 20.6 Å². The van der Waals surface area contributed by atoms with Gasteiger partial charge < -0.3 is 20.0 Å². The van der Waals surface area contributed by atoms with Crippen LogP contribution in [-0.4, -0.2) is 42.1 Å². The molecule has 1 aromatic carbocycles. The number of oxazole rings is 1. The average Bonchev–Trinajstić information content (AvgIpc) is 3.42. The Morgan fingerprint density at radius 2 is 2.10 bits per heavy atom. The van der Waals surface area contributed by atoms with Gasteiger partial charge in [-0.2, -0.15) is 0 Å². The van der Waals surface area contributed by atoms with E-state index in [4.69, 9.17) is 16.0 Å². The highest BCUT2D eigenvalue weighted by Crippen LogP contribution is 2.25. The first-order chi connectivity index (χ1) is 14.6. The molecule has 1 fully saturated rings. The van der Waals surface area contributed by atoms with Crippen LogP contribution < -0.4 is 15.5 Å². The van der Waals surface area contributed by atoms with E-state index in [1.54, 1.807) is 19.4 Å². The van der Waals surface area contributed by atoms with E-state index in [0.717, 1.165) is 36.7 Å². The molecule has 30 heavy (non-hydrogen) atoms. The molecule has 0 aliphatic carbocycles. The molecule has 8 heteroatoms. The predicted molar refractivity (Wildman–Crippen MR) is 120 cm³/mol. The van der Waals surface area contributed by atoms with E-state index in [2.05, 4.69) is 49.6 Å². The van der Waals surface area contributed by atoms with Gasteiger partial charge in [0.2, 0.25) is 5.89 Å². The van der Waals surface area contributed by atoms with Crippen LogP contribution in [0.25, 0.3) is 11.3 Å². The molecule has 0 amide bonds. The summed E-state index contributed by atoms with van der Waals surface area (Å²) in [6.07, 6.45) is 4.50. The van der Waals surface area contributed by atoms with E-state index in [0.29, 0.717) is 23.4 Å². The third-order valence-electron chi connectivity index (χ3n) is 5.09. The maximum Gasteiger partial charge on any atom is 0.214 e. The first-order valence-electron chi connectivity index (χ1n) is 9.97. The van der Waals surface area contributed by atoms with Gasteiger partial charge in [-0.3, -0.25) is 4.99 Å². The van der Waals surface area contributed by atoms with Crippen molar-refractivity contribution in [2.24, 2.45) is 4.99 Å². The number of hydrogen-bond donors (Lipinski definition) is 2. The lowest BCUT2D eigenvalue weighted by Gasteiger charge is -2.20. The number of anilines is 1. The molecule has 3 aromatic rings. The molecule has 0 radical (unpaired) electrons. The Kier molecular flexibility index (Phi) is 6.18. The van der Waals surface area contributed by atoms with Crippen LogP contribution in [-0.2, 0) is 6.54 Å². The molecule has 1 aliphatic heterocycles. The Morgan fingerprint density at radius 1 is 1.27 bits per heavy atom. The Hall–Kier alpha value is -3.06. The number of aromatic nitrogens is 2. The Morgan fingerprint density at radius 3 is 2.87 bits per heavy atom. The summed E-state index contributed by atoms with van der Waals surface area (Å²) in [5.41, 5.74) is 2.23. The summed E-state index contributed by atoms with van der Waals surface area (Å²) in [6, 6.07) is 12.2. The minimum absolute atomic E-state index is 0.252. The zero-order valence-electron chi connectivity index (χ0n) is 17.1. The lowest BCUT2D eigenvalue weighted by Crippen LogP contribution is -2.44. The number of aryl methyl sites for hydroxylation is 1. The number of halogens is 1. The number of aliphatic imine (C=N–C) groups is 1. The second kappa shape index (κ2) is 9.17. The zero-order valence-corrected chi connectivity index (χ0v) is 17.9. The predicted octanol–water partition coefficient (Wildman–Crippen LogP) is 3.64. The van der Waals surface area contributed by atoms with E-state index < -0.39 is 0 Å². The van der Waals surface area contributed by atoms with Crippen molar-refractivity contribution in [3.05, 3.63) is 65.3 Å². The number of rotatable bonds is 5. The van der Waals surface area contributed by atoms with Gasteiger partial charge in [-0.1, -0.05) is 41.4 Å². The van der Waals surface area contributed by atoms with Crippen LogP contribution in [0.4, 0.5) is 5.82 Å². The van der Waals surface area contributed by atoms with Crippen molar-refractivity contribution in [1.29, 1.82) is 0 Å². The van der Waals surface area contributed by atoms with Crippen LogP contribution in [0.2, 0.25) is 5.02 Å². The van der Waals surface area contributed by atoms with E-state index in [9.17, 15) is 0 Å². The smallest absolute Gasteiger partial charge is 0.214 e. The lowest BCUT2D eigenvalue weighted by molar-refractivity contribution is 0.496. The van der Waals surface area contributed by atoms with Crippen molar-refractivity contribution >= 4 is 23.4 Å². The van der Waals surface area contributed by atoms with E-state index in [1.165, 1.54) is 5.56 Å². The maximum atomic E-state index is 6.28. The van der Waals surface area contributed by atoms with Crippen LogP contribution in [0.5, 0.6) is 0 Å². The summed E-state index contributed by atoms with van der Waals surface area (Å²) < 4.78 is 5.87. The number of guanidine groups is 1. The fraction of sp³-hybridized carbons (Fsp3) is 0.318.